The van der Waals surface area contributed by atoms with Gasteiger partial charge in [-0.1, -0.05) is 24.3 Å². The summed E-state index contributed by atoms with van der Waals surface area (Å²) in [5.41, 5.74) is 3.41. The molecular formula is C31H35N5O8. The summed E-state index contributed by atoms with van der Waals surface area (Å²) in [6, 6.07) is 5.71. The molecule has 13 nitrogen and oxygen atoms in total. The maximum atomic E-state index is 13.3. The number of amides is 2. The summed E-state index contributed by atoms with van der Waals surface area (Å²) < 4.78 is 23.0. The molecule has 2 fully saturated rings. The fourth-order valence-electron chi connectivity index (χ4n) is 6.26. The van der Waals surface area contributed by atoms with Gasteiger partial charge in [-0.2, -0.15) is 0 Å². The molecule has 4 atom stereocenters. The fraction of sp³-hybridized carbons (Fsp3) is 0.419. The van der Waals surface area contributed by atoms with E-state index in [1.807, 2.05) is 0 Å². The minimum atomic E-state index is -0.955. The normalized spacial score (nSPS) is 23.8. The van der Waals surface area contributed by atoms with Crippen LogP contribution in [0, 0.1) is 4.91 Å². The van der Waals surface area contributed by atoms with Gasteiger partial charge in [-0.05, 0) is 30.2 Å². The summed E-state index contributed by atoms with van der Waals surface area (Å²) in [7, 11) is 2.99. The SMILES string of the molecule is C=C1CC2C(O)Nc3cc(OCCCOc4cc5c(cc4OC)C(=O)N4CC(=C)CC4C(N=O)N5)c(OC)cc3C(=O)N2C1. The van der Waals surface area contributed by atoms with E-state index in [0.717, 1.165) is 11.1 Å². The van der Waals surface area contributed by atoms with Crippen LogP contribution in [-0.2, 0) is 0 Å². The molecule has 3 N–H and O–H groups in total. The zero-order valence-electron chi connectivity index (χ0n) is 24.6. The van der Waals surface area contributed by atoms with Crippen LogP contribution in [0.25, 0.3) is 0 Å². The van der Waals surface area contributed by atoms with Gasteiger partial charge in [0.05, 0.1) is 62.0 Å². The van der Waals surface area contributed by atoms with E-state index >= 15 is 0 Å². The molecule has 4 aliphatic heterocycles. The number of aliphatic hydroxyl groups excluding tert-OH is 1. The van der Waals surface area contributed by atoms with Crippen molar-refractivity contribution in [1.29, 1.82) is 0 Å². The first-order chi connectivity index (χ1) is 21.2. The van der Waals surface area contributed by atoms with Gasteiger partial charge in [0.1, 0.15) is 6.23 Å². The van der Waals surface area contributed by atoms with E-state index < -0.39 is 24.5 Å². The van der Waals surface area contributed by atoms with E-state index in [1.54, 1.807) is 34.1 Å². The molecule has 4 unspecified atom stereocenters. The largest absolute Gasteiger partial charge is 0.493 e. The third-order valence-electron chi connectivity index (χ3n) is 8.43. The lowest BCUT2D eigenvalue weighted by Gasteiger charge is -2.24. The second-order valence-corrected chi connectivity index (χ2v) is 11.3. The van der Waals surface area contributed by atoms with Crippen molar-refractivity contribution in [2.75, 3.05) is 51.2 Å². The van der Waals surface area contributed by atoms with Crippen molar-refractivity contribution in [2.24, 2.45) is 5.18 Å². The Hall–Kier alpha value is -4.78. The van der Waals surface area contributed by atoms with Gasteiger partial charge in [0.2, 0.25) is 0 Å². The van der Waals surface area contributed by atoms with Gasteiger partial charge in [-0.3, -0.25) is 9.59 Å². The highest BCUT2D eigenvalue weighted by Gasteiger charge is 2.42. The van der Waals surface area contributed by atoms with Gasteiger partial charge in [0.15, 0.2) is 29.2 Å². The number of rotatable bonds is 9. The molecule has 2 aromatic rings. The number of hydrogen-bond donors (Lipinski definition) is 3. The number of carbonyl (C=O) groups is 2. The molecule has 44 heavy (non-hydrogen) atoms. The Balaban J connectivity index is 1.12. The average Bonchev–Trinajstić information content (AvgIpc) is 3.56. The Labute approximate surface area is 254 Å². The lowest BCUT2D eigenvalue weighted by molar-refractivity contribution is 0.0581. The number of nitrogens with zero attached hydrogens (tertiary/aromatic N) is 3. The van der Waals surface area contributed by atoms with E-state index in [0.29, 0.717) is 77.9 Å². The lowest BCUT2D eigenvalue weighted by Crippen LogP contribution is -2.43. The molecule has 4 heterocycles. The van der Waals surface area contributed by atoms with Crippen molar-refractivity contribution in [1.82, 2.24) is 9.80 Å². The highest BCUT2D eigenvalue weighted by atomic mass is 16.5. The van der Waals surface area contributed by atoms with Crippen LogP contribution in [0.15, 0.2) is 53.7 Å². The zero-order chi connectivity index (χ0) is 31.1. The lowest BCUT2D eigenvalue weighted by atomic mass is 10.1. The standard InChI is InChI=1S/C31H35N5O8/c1-16-8-22-28(34-40)32-20-12-26(24(41-3)10-18(20)30(38)35(22)14-16)43-6-5-7-44-27-13-21-19(11-25(27)42-4)31(39)36-15-17(2)9-23(36)29(37)33-21/h10-13,22-23,28-29,32-33,37H,1-2,5-9,14-15H2,3-4H3. The number of ether oxygens (including phenoxy) is 4. The van der Waals surface area contributed by atoms with Gasteiger partial charge in [0.25, 0.3) is 11.8 Å². The summed E-state index contributed by atoms with van der Waals surface area (Å²) in [5, 5.41) is 20.1. The van der Waals surface area contributed by atoms with Gasteiger partial charge in [-0.25, -0.2) is 0 Å². The number of anilines is 2. The van der Waals surface area contributed by atoms with Crippen molar-refractivity contribution in [3.8, 4) is 23.0 Å². The minimum absolute atomic E-state index is 0.210. The maximum absolute atomic E-state index is 13.3. The second kappa shape index (κ2) is 11.7. The summed E-state index contributed by atoms with van der Waals surface area (Å²) in [6.07, 6.45) is -0.285. The number of hydrogen-bond acceptors (Lipinski definition) is 11. The van der Waals surface area contributed by atoms with E-state index in [9.17, 15) is 19.6 Å². The van der Waals surface area contributed by atoms with Crippen molar-refractivity contribution in [3.63, 3.8) is 0 Å². The predicted octanol–water partition coefficient (Wildman–Crippen LogP) is 3.36. The van der Waals surface area contributed by atoms with Crippen LogP contribution >= 0.6 is 0 Å². The molecule has 4 aliphatic rings. The quantitative estimate of drug-likeness (QED) is 0.221. The predicted molar refractivity (Wildman–Crippen MR) is 162 cm³/mol. The molecule has 232 valence electrons. The highest BCUT2D eigenvalue weighted by Crippen LogP contribution is 2.41. The van der Waals surface area contributed by atoms with Crippen LogP contribution < -0.4 is 29.6 Å². The van der Waals surface area contributed by atoms with E-state index in [1.165, 1.54) is 14.2 Å². The second-order valence-electron chi connectivity index (χ2n) is 11.3. The molecule has 6 rings (SSSR count). The number of aliphatic hydroxyl groups is 1. The topological polar surface area (TPSA) is 151 Å². The average molecular weight is 606 g/mol. The van der Waals surface area contributed by atoms with Crippen LogP contribution in [0.1, 0.15) is 40.0 Å². The molecule has 0 aromatic heterocycles. The third kappa shape index (κ3) is 5.17. The van der Waals surface area contributed by atoms with E-state index in [-0.39, 0.29) is 25.0 Å². The van der Waals surface area contributed by atoms with E-state index in [4.69, 9.17) is 18.9 Å². The molecule has 0 spiro atoms. The smallest absolute Gasteiger partial charge is 0.256 e. The van der Waals surface area contributed by atoms with Crippen molar-refractivity contribution >= 4 is 23.2 Å². The first-order valence-electron chi connectivity index (χ1n) is 14.4. The Morgan fingerprint density at radius 3 is 1.84 bits per heavy atom. The molecule has 2 amide bonds. The third-order valence-corrected chi connectivity index (χ3v) is 8.43. The highest BCUT2D eigenvalue weighted by molar-refractivity contribution is 6.02. The fourth-order valence-corrected chi connectivity index (χ4v) is 6.26. The first-order valence-corrected chi connectivity index (χ1v) is 14.4. The van der Waals surface area contributed by atoms with Crippen LogP contribution in [0.5, 0.6) is 23.0 Å². The Morgan fingerprint density at radius 2 is 1.32 bits per heavy atom. The van der Waals surface area contributed by atoms with Crippen LogP contribution in [0.4, 0.5) is 11.4 Å². The van der Waals surface area contributed by atoms with Gasteiger partial charge >= 0.3 is 0 Å². The van der Waals surface area contributed by atoms with E-state index in [2.05, 4.69) is 29.0 Å². The number of benzene rings is 2. The van der Waals surface area contributed by atoms with Crippen LogP contribution in [-0.4, -0.2) is 91.7 Å². The monoisotopic (exact) mass is 605 g/mol. The van der Waals surface area contributed by atoms with Gasteiger partial charge in [0, 0.05) is 31.6 Å². The summed E-state index contributed by atoms with van der Waals surface area (Å²) in [6.45, 7) is 9.21. The zero-order valence-corrected chi connectivity index (χ0v) is 24.6. The van der Waals surface area contributed by atoms with Crippen molar-refractivity contribution in [2.45, 2.75) is 43.7 Å². The molecule has 0 aliphatic carbocycles. The van der Waals surface area contributed by atoms with Gasteiger partial charge in [-0.15, -0.1) is 4.91 Å². The van der Waals surface area contributed by atoms with Crippen molar-refractivity contribution in [3.05, 3.63) is 64.6 Å². The molecule has 0 radical (unpaired) electrons. The maximum Gasteiger partial charge on any atom is 0.256 e. The number of nitroso groups, excluding NO2 is 1. The molecule has 2 aromatic carbocycles. The van der Waals surface area contributed by atoms with Crippen molar-refractivity contribution < 1.29 is 33.6 Å². The summed E-state index contributed by atoms with van der Waals surface area (Å²) >= 11 is 0. The molecule has 0 bridgehead atoms. The van der Waals surface area contributed by atoms with Crippen LogP contribution in [0.2, 0.25) is 0 Å². The minimum Gasteiger partial charge on any atom is -0.493 e. The Kier molecular flexibility index (Phi) is 7.80. The molecule has 0 saturated carbocycles. The Morgan fingerprint density at radius 1 is 0.818 bits per heavy atom. The summed E-state index contributed by atoms with van der Waals surface area (Å²) in [5.74, 6) is 1.12. The van der Waals surface area contributed by atoms with Gasteiger partial charge < -0.3 is 44.5 Å². The first kappa shape index (κ1) is 29.3. The number of carbonyl (C=O) groups excluding carboxylic acids is 2. The number of methoxy groups -OCH3 is 2. The molecule has 2 saturated heterocycles. The molecule has 13 heteroatoms. The number of fused-ring (bicyclic) bond motifs is 4. The molecular weight excluding hydrogens is 570 g/mol. The number of nitrogens with one attached hydrogen (secondary N) is 2. The summed E-state index contributed by atoms with van der Waals surface area (Å²) in [4.78, 5) is 41.5. The Bertz CT molecular complexity index is 1540. The van der Waals surface area contributed by atoms with Crippen LogP contribution in [0.3, 0.4) is 0 Å².